The van der Waals surface area contributed by atoms with E-state index in [0.717, 1.165) is 12.8 Å². The zero-order valence-corrected chi connectivity index (χ0v) is 11.9. The quantitative estimate of drug-likeness (QED) is 0.617. The summed E-state index contributed by atoms with van der Waals surface area (Å²) in [4.78, 5) is 13.9. The normalized spacial score (nSPS) is 20.6. The van der Waals surface area contributed by atoms with Crippen molar-refractivity contribution in [3.8, 4) is 0 Å². The van der Waals surface area contributed by atoms with Crippen LogP contribution in [0.4, 0.5) is 14.5 Å². The second-order valence-electron chi connectivity index (χ2n) is 3.95. The van der Waals surface area contributed by atoms with Gasteiger partial charge in [-0.05, 0) is 25.0 Å². The number of para-hydroxylation sites is 1. The van der Waals surface area contributed by atoms with Crippen molar-refractivity contribution in [1.29, 1.82) is 0 Å². The van der Waals surface area contributed by atoms with E-state index in [9.17, 15) is 13.6 Å². The molecular formula is C12H12BrF2NOS. The Morgan fingerprint density at radius 3 is 2.83 bits per heavy atom. The van der Waals surface area contributed by atoms with Crippen molar-refractivity contribution < 1.29 is 13.6 Å². The van der Waals surface area contributed by atoms with Crippen LogP contribution < -0.4 is 4.90 Å². The van der Waals surface area contributed by atoms with Crippen LogP contribution in [0.15, 0.2) is 29.2 Å². The van der Waals surface area contributed by atoms with Crippen molar-refractivity contribution in [1.82, 2.24) is 0 Å². The van der Waals surface area contributed by atoms with Crippen LogP contribution >= 0.6 is 27.7 Å². The minimum Gasteiger partial charge on any atom is -0.310 e. The van der Waals surface area contributed by atoms with Gasteiger partial charge >= 0.3 is 0 Å². The van der Waals surface area contributed by atoms with E-state index < -0.39 is 5.76 Å². The molecule has 1 amide bonds. The van der Waals surface area contributed by atoms with E-state index in [1.54, 1.807) is 29.2 Å². The van der Waals surface area contributed by atoms with Crippen LogP contribution in [0.5, 0.6) is 0 Å². The second-order valence-corrected chi connectivity index (χ2v) is 6.08. The van der Waals surface area contributed by atoms with Crippen molar-refractivity contribution in [2.45, 2.75) is 28.3 Å². The average Bonchev–Trinajstić information content (AvgIpc) is 2.33. The van der Waals surface area contributed by atoms with Gasteiger partial charge < -0.3 is 4.90 Å². The van der Waals surface area contributed by atoms with Gasteiger partial charge in [0, 0.05) is 11.4 Å². The van der Waals surface area contributed by atoms with Crippen LogP contribution in [0.1, 0.15) is 12.8 Å². The molecule has 0 aliphatic carbocycles. The maximum Gasteiger partial charge on any atom is 0.288 e. The molecule has 2 nitrogen and oxygen atoms in total. The third-order valence-corrected chi connectivity index (χ3v) is 4.37. The Bertz CT molecular complexity index is 444. The Hall–Kier alpha value is -0.620. The van der Waals surface area contributed by atoms with Crippen molar-refractivity contribution in [2.75, 3.05) is 11.4 Å². The Morgan fingerprint density at radius 1 is 1.39 bits per heavy atom. The van der Waals surface area contributed by atoms with Crippen molar-refractivity contribution in [3.05, 3.63) is 24.3 Å². The van der Waals surface area contributed by atoms with E-state index in [1.165, 1.54) is 0 Å². The number of piperidine rings is 1. The number of alkyl halides is 3. The standard InChI is InChI=1S/C12H12BrF2NOS/c13-8-4-3-7-16(11(8)17)9-5-1-2-6-10(9)18-12(14)15/h1-2,5-6,8,12H,3-4,7H2. The summed E-state index contributed by atoms with van der Waals surface area (Å²) in [5, 5.41) is 0. The van der Waals surface area contributed by atoms with Gasteiger partial charge in [-0.3, -0.25) is 4.79 Å². The number of halogens is 3. The first-order valence-electron chi connectivity index (χ1n) is 5.59. The first-order chi connectivity index (χ1) is 8.59. The number of benzene rings is 1. The van der Waals surface area contributed by atoms with Crippen molar-refractivity contribution >= 4 is 39.3 Å². The predicted molar refractivity (Wildman–Crippen MR) is 72.6 cm³/mol. The third kappa shape index (κ3) is 3.03. The fourth-order valence-corrected chi connectivity index (χ4v) is 3.17. The zero-order valence-electron chi connectivity index (χ0n) is 9.48. The van der Waals surface area contributed by atoms with Crippen LogP contribution in [-0.4, -0.2) is 23.0 Å². The van der Waals surface area contributed by atoms with Crippen molar-refractivity contribution in [2.24, 2.45) is 0 Å². The average molecular weight is 336 g/mol. The van der Waals surface area contributed by atoms with E-state index in [2.05, 4.69) is 15.9 Å². The highest BCUT2D eigenvalue weighted by molar-refractivity contribution is 9.10. The number of anilines is 1. The van der Waals surface area contributed by atoms with Crippen LogP contribution in [0.2, 0.25) is 0 Å². The summed E-state index contributed by atoms with van der Waals surface area (Å²) < 4.78 is 25.0. The molecule has 1 saturated heterocycles. The highest BCUT2D eigenvalue weighted by Crippen LogP contribution is 2.36. The molecule has 1 aromatic rings. The highest BCUT2D eigenvalue weighted by Gasteiger charge is 2.29. The summed E-state index contributed by atoms with van der Waals surface area (Å²) >= 11 is 3.80. The second kappa shape index (κ2) is 6.02. The molecule has 6 heteroatoms. The number of thioether (sulfide) groups is 1. The smallest absolute Gasteiger partial charge is 0.288 e. The molecule has 0 saturated carbocycles. The molecule has 0 radical (unpaired) electrons. The van der Waals surface area contributed by atoms with E-state index >= 15 is 0 Å². The number of carbonyl (C=O) groups excluding carboxylic acids is 1. The van der Waals surface area contributed by atoms with Gasteiger partial charge in [-0.1, -0.05) is 39.8 Å². The number of carbonyl (C=O) groups is 1. The summed E-state index contributed by atoms with van der Waals surface area (Å²) in [5.74, 6) is -2.53. The first kappa shape index (κ1) is 13.8. The maximum absolute atomic E-state index is 12.5. The van der Waals surface area contributed by atoms with E-state index in [0.29, 0.717) is 28.9 Å². The minimum atomic E-state index is -2.48. The molecule has 98 valence electrons. The molecule has 2 rings (SSSR count). The molecule has 1 atom stereocenters. The lowest BCUT2D eigenvalue weighted by Crippen LogP contribution is -2.42. The number of hydrogen-bond donors (Lipinski definition) is 0. The zero-order chi connectivity index (χ0) is 13.1. The van der Waals surface area contributed by atoms with Gasteiger partial charge in [0.2, 0.25) is 5.91 Å². The molecule has 0 aromatic heterocycles. The third-order valence-electron chi connectivity index (χ3n) is 2.75. The van der Waals surface area contributed by atoms with Gasteiger partial charge in [0.1, 0.15) is 0 Å². The summed E-state index contributed by atoms with van der Waals surface area (Å²) in [6.07, 6.45) is 1.66. The lowest BCUT2D eigenvalue weighted by molar-refractivity contribution is -0.118. The number of rotatable bonds is 3. The molecule has 1 unspecified atom stereocenters. The van der Waals surface area contributed by atoms with Gasteiger partial charge in [-0.2, -0.15) is 8.78 Å². The minimum absolute atomic E-state index is 0.0523. The van der Waals surface area contributed by atoms with Gasteiger partial charge in [-0.15, -0.1) is 0 Å². The molecule has 0 spiro atoms. The Morgan fingerprint density at radius 2 is 2.11 bits per heavy atom. The molecular weight excluding hydrogens is 324 g/mol. The number of nitrogens with zero attached hydrogens (tertiary/aromatic N) is 1. The van der Waals surface area contributed by atoms with E-state index in [1.807, 2.05) is 0 Å². The summed E-state index contributed by atoms with van der Waals surface area (Å²) in [5.41, 5.74) is 0.581. The fourth-order valence-electron chi connectivity index (χ4n) is 1.95. The predicted octanol–water partition coefficient (Wildman–Crippen LogP) is 3.89. The molecule has 1 heterocycles. The molecule has 0 bridgehead atoms. The lowest BCUT2D eigenvalue weighted by Gasteiger charge is -2.31. The largest absolute Gasteiger partial charge is 0.310 e. The molecule has 0 N–H and O–H groups in total. The van der Waals surface area contributed by atoms with Crippen molar-refractivity contribution in [3.63, 3.8) is 0 Å². The monoisotopic (exact) mass is 335 g/mol. The van der Waals surface area contributed by atoms with Crippen LogP contribution in [0, 0.1) is 0 Å². The van der Waals surface area contributed by atoms with Gasteiger partial charge in [0.25, 0.3) is 5.76 Å². The molecule has 18 heavy (non-hydrogen) atoms. The first-order valence-corrected chi connectivity index (χ1v) is 7.38. The summed E-state index contributed by atoms with van der Waals surface area (Å²) in [6.45, 7) is 0.585. The molecule has 1 aromatic carbocycles. The SMILES string of the molecule is O=C1C(Br)CCCN1c1ccccc1SC(F)F. The fraction of sp³-hybridized carbons (Fsp3) is 0.417. The lowest BCUT2D eigenvalue weighted by atomic mass is 10.1. The summed E-state index contributed by atoms with van der Waals surface area (Å²) in [6, 6.07) is 6.80. The number of amides is 1. The van der Waals surface area contributed by atoms with Crippen LogP contribution in [-0.2, 0) is 4.79 Å². The molecule has 1 fully saturated rings. The van der Waals surface area contributed by atoms with Crippen LogP contribution in [0.25, 0.3) is 0 Å². The van der Waals surface area contributed by atoms with Gasteiger partial charge in [-0.25, -0.2) is 0 Å². The van der Waals surface area contributed by atoms with E-state index in [-0.39, 0.29) is 10.7 Å². The van der Waals surface area contributed by atoms with E-state index in [4.69, 9.17) is 0 Å². The Labute approximate surface area is 117 Å². The Kier molecular flexibility index (Phi) is 4.61. The summed E-state index contributed by atoms with van der Waals surface area (Å²) in [7, 11) is 0. The highest BCUT2D eigenvalue weighted by atomic mass is 79.9. The van der Waals surface area contributed by atoms with Gasteiger partial charge in [0.15, 0.2) is 0 Å². The molecule has 1 aliphatic heterocycles. The number of hydrogen-bond acceptors (Lipinski definition) is 2. The van der Waals surface area contributed by atoms with Crippen LogP contribution in [0.3, 0.4) is 0 Å². The topological polar surface area (TPSA) is 20.3 Å². The maximum atomic E-state index is 12.5. The van der Waals surface area contributed by atoms with Gasteiger partial charge in [0.05, 0.1) is 10.5 Å². The Balaban J connectivity index is 2.29. The molecule has 1 aliphatic rings.